The van der Waals surface area contributed by atoms with Crippen LogP contribution in [0.15, 0.2) is 160 Å². The fraction of sp³-hybridized carbons (Fsp3) is 0. The molecule has 1 aliphatic heterocycles. The zero-order chi connectivity index (χ0) is 32.5. The zero-order valence-corrected chi connectivity index (χ0v) is 24.3. The Morgan fingerprint density at radius 2 is 1.28 bits per heavy atom. The first-order valence-electron chi connectivity index (χ1n) is 14.0. The van der Waals surface area contributed by atoms with Gasteiger partial charge in [-0.1, -0.05) is 36.4 Å². The lowest BCUT2D eigenvalue weighted by Crippen LogP contribution is -2.08. The van der Waals surface area contributed by atoms with Gasteiger partial charge in [-0.05, 0) is 72.8 Å². The Morgan fingerprint density at radius 3 is 2.04 bits per heavy atom. The average Bonchev–Trinajstić information content (AvgIpc) is 3.09. The minimum atomic E-state index is -0.0732. The third-order valence-corrected chi connectivity index (χ3v) is 6.85. The van der Waals surface area contributed by atoms with E-state index in [9.17, 15) is 29.9 Å². The SMILES string of the molecule is O=c1cc[nH]c2ccccc12.O=c1cccc2n(O)cccc1-2.O=c1ccn(O)c2ccccc12.Oc1cccc2ncccc12. The molecule has 3 aromatic heterocycles. The Labute approximate surface area is 261 Å². The second-order valence-electron chi connectivity index (χ2n) is 9.82. The molecule has 0 unspecified atom stereocenters. The van der Waals surface area contributed by atoms with Gasteiger partial charge in [-0.3, -0.25) is 19.4 Å². The number of aromatic nitrogens is 4. The largest absolute Gasteiger partial charge is 0.507 e. The third-order valence-electron chi connectivity index (χ3n) is 6.85. The van der Waals surface area contributed by atoms with Gasteiger partial charge < -0.3 is 20.5 Å². The number of aromatic amines is 1. The van der Waals surface area contributed by atoms with Crippen LogP contribution >= 0.6 is 0 Å². The van der Waals surface area contributed by atoms with Crippen LogP contribution in [0.1, 0.15) is 0 Å². The van der Waals surface area contributed by atoms with Crippen molar-refractivity contribution in [1.82, 2.24) is 19.4 Å². The van der Waals surface area contributed by atoms with Crippen molar-refractivity contribution in [2.45, 2.75) is 0 Å². The van der Waals surface area contributed by atoms with Crippen molar-refractivity contribution in [3.05, 3.63) is 177 Å². The van der Waals surface area contributed by atoms with Crippen LogP contribution < -0.4 is 16.3 Å². The molecule has 0 spiro atoms. The van der Waals surface area contributed by atoms with Crippen LogP contribution in [0.25, 0.3) is 44.0 Å². The number of hydrogen-bond acceptors (Lipinski definition) is 7. The van der Waals surface area contributed by atoms with E-state index in [1.54, 1.807) is 73.1 Å². The molecule has 1 aliphatic carbocycles. The maximum atomic E-state index is 11.2. The van der Waals surface area contributed by atoms with E-state index >= 15 is 0 Å². The summed E-state index contributed by atoms with van der Waals surface area (Å²) in [4.78, 5) is 40.6. The maximum Gasteiger partial charge on any atom is 0.189 e. The first kappa shape index (κ1) is 30.8. The molecular weight excluding hydrogens is 584 g/mol. The Kier molecular flexibility index (Phi) is 9.49. The molecule has 0 fully saturated rings. The molecule has 0 saturated heterocycles. The quantitative estimate of drug-likeness (QED) is 0.156. The number of fused-ring (bicyclic) bond motifs is 4. The maximum absolute atomic E-state index is 11.2. The number of pyridine rings is 4. The number of H-pyrrole nitrogens is 1. The van der Waals surface area contributed by atoms with Crippen LogP contribution in [0.2, 0.25) is 0 Å². The van der Waals surface area contributed by atoms with Crippen LogP contribution in [0.5, 0.6) is 5.75 Å². The molecule has 8 rings (SSSR count). The first-order valence-corrected chi connectivity index (χ1v) is 14.0. The summed E-state index contributed by atoms with van der Waals surface area (Å²) in [5.74, 6) is 0.288. The lowest BCUT2D eigenvalue weighted by Gasteiger charge is -2.06. The summed E-state index contributed by atoms with van der Waals surface area (Å²) in [5.41, 5.74) is 3.23. The van der Waals surface area contributed by atoms with Crippen LogP contribution in [-0.2, 0) is 0 Å². The molecule has 0 amide bonds. The lowest BCUT2D eigenvalue weighted by molar-refractivity contribution is 0.189. The molecular formula is C36H28N4O6. The average molecular weight is 613 g/mol. The monoisotopic (exact) mass is 612 g/mol. The highest BCUT2D eigenvalue weighted by Crippen LogP contribution is 2.21. The van der Waals surface area contributed by atoms with Crippen molar-refractivity contribution < 1.29 is 15.5 Å². The second kappa shape index (κ2) is 14.2. The fourth-order valence-electron chi connectivity index (χ4n) is 4.60. The van der Waals surface area contributed by atoms with Crippen LogP contribution in [0.4, 0.5) is 0 Å². The summed E-state index contributed by atoms with van der Waals surface area (Å²) >= 11 is 0. The van der Waals surface area contributed by atoms with E-state index in [1.165, 1.54) is 30.6 Å². The molecule has 6 aromatic rings. The molecule has 0 radical (unpaired) electrons. The van der Waals surface area contributed by atoms with Gasteiger partial charge in [0.2, 0.25) is 0 Å². The highest BCUT2D eigenvalue weighted by molar-refractivity contribution is 5.84. The van der Waals surface area contributed by atoms with Crippen molar-refractivity contribution in [2.24, 2.45) is 0 Å². The number of rotatable bonds is 0. The minimum Gasteiger partial charge on any atom is -0.507 e. The van der Waals surface area contributed by atoms with Gasteiger partial charge >= 0.3 is 0 Å². The Bertz CT molecular complexity index is 2390. The predicted octanol–water partition coefficient (Wildman–Crippen LogP) is 5.90. The zero-order valence-electron chi connectivity index (χ0n) is 24.3. The number of hydrogen-bond donors (Lipinski definition) is 4. The number of nitrogens with zero attached hydrogens (tertiary/aromatic N) is 3. The number of phenols is 1. The molecule has 10 nitrogen and oxygen atoms in total. The summed E-state index contributed by atoms with van der Waals surface area (Å²) in [6.07, 6.45) is 6.19. The Morgan fingerprint density at radius 1 is 0.565 bits per heavy atom. The van der Waals surface area contributed by atoms with Crippen molar-refractivity contribution in [2.75, 3.05) is 0 Å². The summed E-state index contributed by atoms with van der Waals surface area (Å²) in [5, 5.41) is 30.0. The number of benzene rings is 4. The standard InChI is InChI=1S/2C9H7NO2.2C9H7NO/c11-9-5-1-4-8-7(9)3-2-6-10(8)12;11-9-5-6-10(12)8-4-2-1-3-7(8)9;11-9-5-1-4-8-7(9)3-2-6-10-8;11-9-5-6-10-8-4-2-1-3-7(8)9/h2*1-6,12H;1-6,11H;1-6H,(H,10,11). The molecule has 228 valence electrons. The molecule has 0 atom stereocenters. The van der Waals surface area contributed by atoms with Crippen molar-refractivity contribution in [3.63, 3.8) is 0 Å². The van der Waals surface area contributed by atoms with Crippen molar-refractivity contribution >= 4 is 32.7 Å². The highest BCUT2D eigenvalue weighted by atomic mass is 16.5. The molecule has 0 saturated carbocycles. The number of nitrogens with one attached hydrogen (secondary N) is 1. The van der Waals surface area contributed by atoms with E-state index < -0.39 is 0 Å². The van der Waals surface area contributed by atoms with Gasteiger partial charge in [0.15, 0.2) is 16.3 Å². The van der Waals surface area contributed by atoms with E-state index in [-0.39, 0.29) is 22.0 Å². The highest BCUT2D eigenvalue weighted by Gasteiger charge is 2.06. The summed E-state index contributed by atoms with van der Waals surface area (Å²) in [6.45, 7) is 0. The third kappa shape index (κ3) is 7.09. The van der Waals surface area contributed by atoms with E-state index in [1.807, 2.05) is 42.5 Å². The molecule has 10 heteroatoms. The molecule has 3 aromatic carbocycles. The topological polar surface area (TPSA) is 150 Å². The molecule has 46 heavy (non-hydrogen) atoms. The van der Waals surface area contributed by atoms with Crippen LogP contribution in [0, 0.1) is 0 Å². The van der Waals surface area contributed by atoms with E-state index in [0.29, 0.717) is 22.2 Å². The van der Waals surface area contributed by atoms with Gasteiger partial charge in [-0.25, -0.2) is 0 Å². The normalized spacial score (nSPS) is 10.3. The summed E-state index contributed by atoms with van der Waals surface area (Å²) < 4.78 is 1.88. The molecule has 4 heterocycles. The van der Waals surface area contributed by atoms with E-state index in [2.05, 4.69) is 9.97 Å². The minimum absolute atomic E-state index is 0.0688. The Balaban J connectivity index is 0.000000121. The van der Waals surface area contributed by atoms with Crippen LogP contribution in [-0.4, -0.2) is 34.9 Å². The Hall–Kier alpha value is -6.68. The van der Waals surface area contributed by atoms with E-state index in [4.69, 9.17) is 0 Å². The van der Waals surface area contributed by atoms with Crippen molar-refractivity contribution in [1.29, 1.82) is 0 Å². The molecule has 4 N–H and O–H groups in total. The number of phenolic OH excluding ortho intramolecular Hbond substituents is 1. The smallest absolute Gasteiger partial charge is 0.189 e. The van der Waals surface area contributed by atoms with E-state index in [0.717, 1.165) is 31.3 Å². The number of aromatic hydroxyl groups is 1. The van der Waals surface area contributed by atoms with Gasteiger partial charge in [-0.2, -0.15) is 9.46 Å². The van der Waals surface area contributed by atoms with Crippen molar-refractivity contribution in [3.8, 4) is 17.0 Å². The van der Waals surface area contributed by atoms with Gasteiger partial charge in [0.1, 0.15) is 5.75 Å². The summed E-state index contributed by atoms with van der Waals surface area (Å²) in [7, 11) is 0. The number of para-hydroxylation sites is 2. The van der Waals surface area contributed by atoms with Gasteiger partial charge in [0, 0.05) is 64.2 Å². The van der Waals surface area contributed by atoms with Gasteiger partial charge in [0.05, 0.1) is 16.7 Å². The molecule has 0 bridgehead atoms. The predicted molar refractivity (Wildman–Crippen MR) is 178 cm³/mol. The lowest BCUT2D eigenvalue weighted by atomic mass is 10.1. The van der Waals surface area contributed by atoms with Crippen LogP contribution in [0.3, 0.4) is 0 Å². The van der Waals surface area contributed by atoms with Gasteiger partial charge in [-0.15, -0.1) is 0 Å². The molecule has 2 aliphatic rings. The first-order chi connectivity index (χ1) is 22.3. The summed E-state index contributed by atoms with van der Waals surface area (Å²) in [6, 6.07) is 34.3. The fourth-order valence-corrected chi connectivity index (χ4v) is 4.60. The van der Waals surface area contributed by atoms with Gasteiger partial charge in [0.25, 0.3) is 0 Å². The second-order valence-corrected chi connectivity index (χ2v) is 9.82.